The van der Waals surface area contributed by atoms with E-state index in [4.69, 9.17) is 0 Å². The van der Waals surface area contributed by atoms with Crippen molar-refractivity contribution in [3.8, 4) is 11.3 Å². The number of nitrogens with one attached hydrogen (secondary N) is 1. The molecule has 0 aliphatic heterocycles. The van der Waals surface area contributed by atoms with Gasteiger partial charge >= 0.3 is 0 Å². The molecule has 1 aromatic carbocycles. The van der Waals surface area contributed by atoms with E-state index in [1.807, 2.05) is 17.6 Å². The van der Waals surface area contributed by atoms with Crippen molar-refractivity contribution >= 4 is 0 Å². The van der Waals surface area contributed by atoms with E-state index >= 15 is 0 Å². The molecular weight excluding hydrogens is 272 g/mol. The third kappa shape index (κ3) is 3.47. The van der Waals surface area contributed by atoms with E-state index in [0.29, 0.717) is 13.1 Å². The van der Waals surface area contributed by atoms with Crippen LogP contribution in [0.1, 0.15) is 37.0 Å². The highest BCUT2D eigenvalue weighted by molar-refractivity contribution is 5.64. The zero-order valence-electron chi connectivity index (χ0n) is 14.1. The second kappa shape index (κ2) is 7.41. The second-order valence-corrected chi connectivity index (χ2v) is 5.79. The molecule has 0 amide bonds. The summed E-state index contributed by atoms with van der Waals surface area (Å²) in [6, 6.07) is 10.4. The summed E-state index contributed by atoms with van der Waals surface area (Å²) < 4.78 is 1.88. The number of pyridine rings is 1. The van der Waals surface area contributed by atoms with E-state index in [1.165, 1.54) is 11.1 Å². The molecule has 0 fully saturated rings. The van der Waals surface area contributed by atoms with Gasteiger partial charge in [-0.3, -0.25) is 4.79 Å². The number of benzene rings is 1. The van der Waals surface area contributed by atoms with Crippen LogP contribution in [0.5, 0.6) is 0 Å². The van der Waals surface area contributed by atoms with Crippen molar-refractivity contribution < 1.29 is 0 Å². The maximum atomic E-state index is 12.7. The molecule has 3 heteroatoms. The zero-order valence-corrected chi connectivity index (χ0v) is 14.1. The van der Waals surface area contributed by atoms with Gasteiger partial charge in [-0.2, -0.15) is 0 Å². The fourth-order valence-electron chi connectivity index (χ4n) is 2.81. The topological polar surface area (TPSA) is 34.0 Å². The fourth-order valence-corrected chi connectivity index (χ4v) is 2.81. The van der Waals surface area contributed by atoms with Gasteiger partial charge in [-0.05, 0) is 45.4 Å². The van der Waals surface area contributed by atoms with Gasteiger partial charge in [-0.1, -0.05) is 36.8 Å². The molecular formula is C19H26N2O. The van der Waals surface area contributed by atoms with Crippen LogP contribution in [0.15, 0.2) is 35.1 Å². The minimum atomic E-state index is 0.114. The van der Waals surface area contributed by atoms with Gasteiger partial charge in [0.2, 0.25) is 0 Å². The van der Waals surface area contributed by atoms with Crippen molar-refractivity contribution in [1.82, 2.24) is 9.88 Å². The highest BCUT2D eigenvalue weighted by Crippen LogP contribution is 2.23. The molecule has 0 spiro atoms. The number of nitrogens with zero attached hydrogens (tertiary/aromatic N) is 1. The Balaban J connectivity index is 2.45. The van der Waals surface area contributed by atoms with Crippen molar-refractivity contribution in [2.24, 2.45) is 0 Å². The highest BCUT2D eigenvalue weighted by Gasteiger charge is 2.11. The van der Waals surface area contributed by atoms with Crippen LogP contribution in [0.3, 0.4) is 0 Å². The monoisotopic (exact) mass is 298 g/mol. The van der Waals surface area contributed by atoms with Crippen LogP contribution in [0.25, 0.3) is 11.3 Å². The molecule has 0 radical (unpaired) electrons. The lowest BCUT2D eigenvalue weighted by molar-refractivity contribution is 0.653. The van der Waals surface area contributed by atoms with Crippen molar-refractivity contribution in [1.29, 1.82) is 0 Å². The van der Waals surface area contributed by atoms with Crippen LogP contribution in [-0.4, -0.2) is 11.1 Å². The minimum absolute atomic E-state index is 0.114. The highest BCUT2D eigenvalue weighted by atomic mass is 16.1. The molecule has 1 N–H and O–H groups in total. The summed E-state index contributed by atoms with van der Waals surface area (Å²) in [6.07, 6.45) is 1.07. The summed E-state index contributed by atoms with van der Waals surface area (Å²) in [4.78, 5) is 12.7. The molecule has 1 aromatic heterocycles. The first-order valence-corrected chi connectivity index (χ1v) is 8.09. The van der Waals surface area contributed by atoms with Crippen LogP contribution in [0.2, 0.25) is 0 Å². The van der Waals surface area contributed by atoms with Gasteiger partial charge in [-0.15, -0.1) is 0 Å². The number of aryl methyl sites for hydroxylation is 2. The van der Waals surface area contributed by atoms with Crippen LogP contribution < -0.4 is 10.9 Å². The van der Waals surface area contributed by atoms with Gasteiger partial charge < -0.3 is 9.88 Å². The zero-order chi connectivity index (χ0) is 16.1. The smallest absolute Gasteiger partial charge is 0.255 e. The standard InChI is InChI=1S/C19H26N2O/c1-5-11-20-13-16-8-10-18(21(6-2)19(16)22)17-9-7-14(3)12-15(17)4/h7-10,12,20H,5-6,11,13H2,1-4H3. The van der Waals surface area contributed by atoms with E-state index in [-0.39, 0.29) is 5.56 Å². The Bertz CT molecular complexity index is 701. The molecule has 2 rings (SSSR count). The average Bonchev–Trinajstić information content (AvgIpc) is 2.49. The van der Waals surface area contributed by atoms with Gasteiger partial charge in [0, 0.05) is 24.2 Å². The lowest BCUT2D eigenvalue weighted by Crippen LogP contribution is -2.28. The Hall–Kier alpha value is -1.87. The second-order valence-electron chi connectivity index (χ2n) is 5.79. The normalized spacial score (nSPS) is 10.9. The molecule has 22 heavy (non-hydrogen) atoms. The molecule has 118 valence electrons. The van der Waals surface area contributed by atoms with Crippen LogP contribution in [-0.2, 0) is 13.1 Å². The van der Waals surface area contributed by atoms with E-state index < -0.39 is 0 Å². The van der Waals surface area contributed by atoms with E-state index in [2.05, 4.69) is 50.4 Å². The average molecular weight is 298 g/mol. The molecule has 0 atom stereocenters. The van der Waals surface area contributed by atoms with Crippen LogP contribution in [0, 0.1) is 13.8 Å². The maximum Gasteiger partial charge on any atom is 0.255 e. The molecule has 1 heterocycles. The lowest BCUT2D eigenvalue weighted by atomic mass is 10.0. The third-order valence-electron chi connectivity index (χ3n) is 3.97. The summed E-state index contributed by atoms with van der Waals surface area (Å²) in [6.45, 7) is 10.6. The number of rotatable bonds is 6. The number of hydrogen-bond acceptors (Lipinski definition) is 2. The number of hydrogen-bond donors (Lipinski definition) is 1. The van der Waals surface area contributed by atoms with Crippen LogP contribution in [0.4, 0.5) is 0 Å². The number of aromatic nitrogens is 1. The van der Waals surface area contributed by atoms with Gasteiger partial charge in [0.25, 0.3) is 5.56 Å². The first kappa shape index (κ1) is 16.5. The van der Waals surface area contributed by atoms with Gasteiger partial charge in [-0.25, -0.2) is 0 Å². The Labute approximate surface area is 133 Å². The largest absolute Gasteiger partial charge is 0.312 e. The maximum absolute atomic E-state index is 12.7. The molecule has 0 aliphatic rings. The predicted molar refractivity (Wildman–Crippen MR) is 93.3 cm³/mol. The molecule has 2 aromatic rings. The summed E-state index contributed by atoms with van der Waals surface area (Å²) in [5, 5.41) is 3.31. The van der Waals surface area contributed by atoms with Crippen LogP contribution >= 0.6 is 0 Å². The van der Waals surface area contributed by atoms with E-state index in [9.17, 15) is 4.79 Å². The molecule has 3 nitrogen and oxygen atoms in total. The van der Waals surface area contributed by atoms with Crippen molar-refractivity contribution in [3.05, 3.63) is 57.4 Å². The van der Waals surface area contributed by atoms with Crippen molar-refractivity contribution in [2.45, 2.75) is 47.2 Å². The summed E-state index contributed by atoms with van der Waals surface area (Å²) in [5.74, 6) is 0. The minimum Gasteiger partial charge on any atom is -0.312 e. The first-order chi connectivity index (χ1) is 10.6. The summed E-state index contributed by atoms with van der Waals surface area (Å²) in [5.41, 5.74) is 5.54. The third-order valence-corrected chi connectivity index (χ3v) is 3.97. The van der Waals surface area contributed by atoms with Crippen molar-refractivity contribution in [2.75, 3.05) is 6.54 Å². The van der Waals surface area contributed by atoms with Gasteiger partial charge in [0.1, 0.15) is 0 Å². The van der Waals surface area contributed by atoms with Gasteiger partial charge in [0.15, 0.2) is 0 Å². The van der Waals surface area contributed by atoms with E-state index in [1.54, 1.807) is 0 Å². The Morgan fingerprint density at radius 1 is 1.09 bits per heavy atom. The van der Waals surface area contributed by atoms with E-state index in [0.717, 1.165) is 29.8 Å². The Kier molecular flexibility index (Phi) is 5.56. The predicted octanol–water partition coefficient (Wildman–Crippen LogP) is 3.65. The summed E-state index contributed by atoms with van der Waals surface area (Å²) in [7, 11) is 0. The Morgan fingerprint density at radius 3 is 2.50 bits per heavy atom. The summed E-state index contributed by atoms with van der Waals surface area (Å²) >= 11 is 0. The molecule has 0 saturated heterocycles. The van der Waals surface area contributed by atoms with Crippen molar-refractivity contribution in [3.63, 3.8) is 0 Å². The molecule has 0 saturated carbocycles. The molecule has 0 aliphatic carbocycles. The molecule has 0 unspecified atom stereocenters. The lowest BCUT2D eigenvalue weighted by Gasteiger charge is -2.15. The van der Waals surface area contributed by atoms with Gasteiger partial charge in [0.05, 0.1) is 5.69 Å². The first-order valence-electron chi connectivity index (χ1n) is 8.09. The molecule has 0 bridgehead atoms. The Morgan fingerprint density at radius 2 is 1.86 bits per heavy atom. The SMILES string of the molecule is CCCNCc1ccc(-c2ccc(C)cc2C)n(CC)c1=O. The quantitative estimate of drug-likeness (QED) is 0.826. The fraction of sp³-hybridized carbons (Fsp3) is 0.421.